The molecule has 1 aliphatic carbocycles. The Kier molecular flexibility index (Phi) is 5.43. The van der Waals surface area contributed by atoms with E-state index in [9.17, 15) is 9.59 Å². The largest absolute Gasteiger partial charge is 0.481 e. The van der Waals surface area contributed by atoms with E-state index >= 15 is 0 Å². The number of hydrogen-bond donors (Lipinski definition) is 2. The molecule has 0 aromatic rings. The van der Waals surface area contributed by atoms with Gasteiger partial charge in [0, 0.05) is 20.1 Å². The van der Waals surface area contributed by atoms with Crippen LogP contribution in [0.25, 0.3) is 0 Å². The smallest absolute Gasteiger partial charge is 0.317 e. The number of carbonyl (C=O) groups is 2. The van der Waals surface area contributed by atoms with Gasteiger partial charge in [-0.1, -0.05) is 6.42 Å². The first-order chi connectivity index (χ1) is 8.56. The molecule has 1 fully saturated rings. The molecule has 0 bridgehead atoms. The van der Waals surface area contributed by atoms with Crippen molar-refractivity contribution in [3.63, 3.8) is 0 Å². The lowest BCUT2D eigenvalue weighted by atomic mass is 9.96. The monoisotopic (exact) mass is 253 g/mol. The number of aliphatic carboxylic acids is 1. The summed E-state index contributed by atoms with van der Waals surface area (Å²) in [5, 5.41) is 20.2. The van der Waals surface area contributed by atoms with E-state index in [0.717, 1.165) is 12.8 Å². The zero-order chi connectivity index (χ0) is 13.5. The second-order valence-corrected chi connectivity index (χ2v) is 4.65. The summed E-state index contributed by atoms with van der Waals surface area (Å²) in [6.07, 6.45) is 2.74. The van der Waals surface area contributed by atoms with Gasteiger partial charge in [-0.15, -0.1) is 0 Å². The van der Waals surface area contributed by atoms with Gasteiger partial charge in [-0.3, -0.25) is 4.79 Å². The molecule has 2 atom stereocenters. The quantitative estimate of drug-likeness (QED) is 0.765. The maximum atomic E-state index is 11.6. The van der Waals surface area contributed by atoms with Gasteiger partial charge < -0.3 is 15.3 Å². The maximum Gasteiger partial charge on any atom is 0.317 e. The maximum absolute atomic E-state index is 11.6. The Balaban J connectivity index is 2.34. The van der Waals surface area contributed by atoms with Crippen molar-refractivity contribution >= 4 is 12.0 Å². The van der Waals surface area contributed by atoms with Crippen LogP contribution in [-0.2, 0) is 4.79 Å². The zero-order valence-electron chi connectivity index (χ0n) is 10.6. The van der Waals surface area contributed by atoms with Gasteiger partial charge in [0.25, 0.3) is 0 Å². The van der Waals surface area contributed by atoms with Crippen LogP contribution in [-0.4, -0.2) is 42.1 Å². The van der Waals surface area contributed by atoms with Gasteiger partial charge in [-0.2, -0.15) is 5.26 Å². The third kappa shape index (κ3) is 3.91. The van der Waals surface area contributed by atoms with E-state index in [2.05, 4.69) is 5.32 Å². The molecule has 1 rings (SSSR count). The molecular formula is C12H19N3O3. The van der Waals surface area contributed by atoms with Crippen molar-refractivity contribution in [3.8, 4) is 6.07 Å². The zero-order valence-corrected chi connectivity index (χ0v) is 10.6. The number of carboxylic acids is 1. The van der Waals surface area contributed by atoms with Gasteiger partial charge in [-0.05, 0) is 18.8 Å². The highest BCUT2D eigenvalue weighted by Gasteiger charge is 2.32. The van der Waals surface area contributed by atoms with E-state index in [0.29, 0.717) is 25.9 Å². The molecule has 0 saturated heterocycles. The van der Waals surface area contributed by atoms with E-state index in [1.807, 2.05) is 6.07 Å². The molecule has 0 aromatic heterocycles. The summed E-state index contributed by atoms with van der Waals surface area (Å²) in [7, 11) is 1.62. The number of carbonyl (C=O) groups excluding carboxylic acids is 1. The van der Waals surface area contributed by atoms with E-state index < -0.39 is 5.97 Å². The fourth-order valence-corrected chi connectivity index (χ4v) is 2.28. The van der Waals surface area contributed by atoms with E-state index in [-0.39, 0.29) is 17.9 Å². The molecular weight excluding hydrogens is 234 g/mol. The SMILES string of the molecule is CN(CCC#N)C(=O)NCC1CCCC1C(=O)O. The number of hydrogen-bond acceptors (Lipinski definition) is 3. The Hall–Kier alpha value is -1.77. The van der Waals surface area contributed by atoms with Crippen molar-refractivity contribution in [1.82, 2.24) is 10.2 Å². The van der Waals surface area contributed by atoms with Gasteiger partial charge in [-0.25, -0.2) is 4.79 Å². The number of nitrogens with one attached hydrogen (secondary N) is 1. The number of rotatable bonds is 5. The number of carboxylic acid groups (broad SMARTS) is 1. The highest BCUT2D eigenvalue weighted by atomic mass is 16.4. The Morgan fingerprint density at radius 3 is 2.83 bits per heavy atom. The molecule has 0 aromatic carbocycles. The second kappa shape index (κ2) is 6.84. The van der Waals surface area contributed by atoms with Crippen LogP contribution in [0.5, 0.6) is 0 Å². The van der Waals surface area contributed by atoms with Crippen molar-refractivity contribution < 1.29 is 14.7 Å². The number of nitriles is 1. The molecule has 6 nitrogen and oxygen atoms in total. The summed E-state index contributed by atoms with van der Waals surface area (Å²) in [5.74, 6) is -1.09. The van der Waals surface area contributed by atoms with Gasteiger partial charge in [0.1, 0.15) is 0 Å². The minimum Gasteiger partial charge on any atom is -0.481 e. The number of nitrogens with zero attached hydrogens (tertiary/aromatic N) is 2. The lowest BCUT2D eigenvalue weighted by Gasteiger charge is -2.20. The van der Waals surface area contributed by atoms with Gasteiger partial charge in [0.15, 0.2) is 0 Å². The molecule has 0 aliphatic heterocycles. The topological polar surface area (TPSA) is 93.4 Å². The molecule has 100 valence electrons. The van der Waals surface area contributed by atoms with E-state index in [1.165, 1.54) is 4.90 Å². The first-order valence-corrected chi connectivity index (χ1v) is 6.15. The summed E-state index contributed by atoms with van der Waals surface area (Å²) in [5.41, 5.74) is 0. The summed E-state index contributed by atoms with van der Waals surface area (Å²) >= 11 is 0. The Labute approximate surface area is 107 Å². The second-order valence-electron chi connectivity index (χ2n) is 4.65. The van der Waals surface area contributed by atoms with Crippen LogP contribution in [0.3, 0.4) is 0 Å². The predicted octanol–water partition coefficient (Wildman–Crippen LogP) is 1.04. The first-order valence-electron chi connectivity index (χ1n) is 6.15. The van der Waals surface area contributed by atoms with Crippen LogP contribution in [0.4, 0.5) is 4.79 Å². The van der Waals surface area contributed by atoms with E-state index in [1.54, 1.807) is 7.05 Å². The summed E-state index contributed by atoms with van der Waals surface area (Å²) in [4.78, 5) is 24.1. The lowest BCUT2D eigenvalue weighted by Crippen LogP contribution is -2.41. The molecule has 2 amide bonds. The van der Waals surface area contributed by atoms with Gasteiger partial charge >= 0.3 is 12.0 Å². The van der Waals surface area contributed by atoms with Crippen LogP contribution in [0.2, 0.25) is 0 Å². The normalized spacial score (nSPS) is 22.2. The van der Waals surface area contributed by atoms with Crippen LogP contribution in [0, 0.1) is 23.2 Å². The number of urea groups is 1. The summed E-state index contributed by atoms with van der Waals surface area (Å²) < 4.78 is 0. The minimum atomic E-state index is -0.774. The van der Waals surface area contributed by atoms with Crippen LogP contribution in [0.15, 0.2) is 0 Å². The van der Waals surface area contributed by atoms with Crippen molar-refractivity contribution in [3.05, 3.63) is 0 Å². The Morgan fingerprint density at radius 2 is 2.22 bits per heavy atom. The fraction of sp³-hybridized carbons (Fsp3) is 0.750. The van der Waals surface area contributed by atoms with Crippen molar-refractivity contribution in [2.45, 2.75) is 25.7 Å². The Bertz CT molecular complexity index is 351. The Morgan fingerprint density at radius 1 is 1.50 bits per heavy atom. The highest BCUT2D eigenvalue weighted by molar-refractivity contribution is 5.74. The van der Waals surface area contributed by atoms with Crippen molar-refractivity contribution in [1.29, 1.82) is 5.26 Å². The molecule has 6 heteroatoms. The third-order valence-corrected chi connectivity index (χ3v) is 3.40. The average Bonchev–Trinajstić information content (AvgIpc) is 2.81. The van der Waals surface area contributed by atoms with E-state index in [4.69, 9.17) is 10.4 Å². The fourth-order valence-electron chi connectivity index (χ4n) is 2.28. The summed E-state index contributed by atoms with van der Waals surface area (Å²) in [6.45, 7) is 0.780. The molecule has 0 spiro atoms. The average molecular weight is 253 g/mol. The first kappa shape index (κ1) is 14.3. The lowest BCUT2D eigenvalue weighted by molar-refractivity contribution is -0.142. The molecule has 0 radical (unpaired) electrons. The van der Waals surface area contributed by atoms with Crippen LogP contribution < -0.4 is 5.32 Å². The molecule has 18 heavy (non-hydrogen) atoms. The predicted molar refractivity (Wildman–Crippen MR) is 64.7 cm³/mol. The van der Waals surface area contributed by atoms with Crippen molar-refractivity contribution in [2.24, 2.45) is 11.8 Å². The minimum absolute atomic E-state index is 0.0239. The molecule has 2 N–H and O–H groups in total. The number of amides is 2. The van der Waals surface area contributed by atoms with Gasteiger partial charge in [0.05, 0.1) is 18.4 Å². The molecule has 1 saturated carbocycles. The standard InChI is InChI=1S/C12H19N3O3/c1-15(7-3-6-13)12(18)14-8-9-4-2-5-10(9)11(16)17/h9-10H,2-5,7-8H2,1H3,(H,14,18)(H,16,17). The van der Waals surface area contributed by atoms with Crippen LogP contribution in [0.1, 0.15) is 25.7 Å². The molecule has 2 unspecified atom stereocenters. The van der Waals surface area contributed by atoms with Crippen LogP contribution >= 0.6 is 0 Å². The highest BCUT2D eigenvalue weighted by Crippen LogP contribution is 2.31. The van der Waals surface area contributed by atoms with Crippen molar-refractivity contribution in [2.75, 3.05) is 20.1 Å². The third-order valence-electron chi connectivity index (χ3n) is 3.40. The van der Waals surface area contributed by atoms with Gasteiger partial charge in [0.2, 0.25) is 0 Å². The molecule has 0 heterocycles. The summed E-state index contributed by atoms with van der Waals surface area (Å²) in [6, 6.07) is 1.72. The molecule has 1 aliphatic rings.